The third-order valence-electron chi connectivity index (χ3n) is 3.84. The van der Waals surface area contributed by atoms with E-state index >= 15 is 0 Å². The van der Waals surface area contributed by atoms with Crippen LogP contribution < -0.4 is 0 Å². The minimum absolute atomic E-state index is 0.894. The van der Waals surface area contributed by atoms with Gasteiger partial charge in [0.15, 0.2) is 0 Å². The predicted molar refractivity (Wildman–Crippen MR) is 72.3 cm³/mol. The van der Waals surface area contributed by atoms with E-state index in [9.17, 15) is 0 Å². The van der Waals surface area contributed by atoms with Gasteiger partial charge in [-0.15, -0.1) is 0 Å². The Balaban J connectivity index is 2.53. The third-order valence-corrected chi connectivity index (χ3v) is 8.72. The summed E-state index contributed by atoms with van der Waals surface area (Å²) in [6, 6.07) is 13.3. The lowest BCUT2D eigenvalue weighted by Crippen LogP contribution is -2.27. The number of benzene rings is 1. The van der Waals surface area contributed by atoms with E-state index in [4.69, 9.17) is 0 Å². The zero-order valence-corrected chi connectivity index (χ0v) is 11.6. The molecule has 0 N–H and O–H groups in total. The third kappa shape index (κ3) is 3.82. The van der Waals surface area contributed by atoms with Gasteiger partial charge >= 0.3 is 0 Å². The maximum atomic E-state index is 2.54. The first kappa shape index (κ1) is 12.5. The van der Waals surface area contributed by atoms with E-state index in [-0.39, 0.29) is 0 Å². The Morgan fingerprint density at radius 1 is 1.00 bits per heavy atom. The van der Waals surface area contributed by atoms with Crippen molar-refractivity contribution in [3.05, 3.63) is 35.4 Å². The quantitative estimate of drug-likeness (QED) is 0.633. The lowest BCUT2D eigenvalue weighted by atomic mass is 10.1. The minimum Gasteiger partial charge on any atom is -0.0692 e. The van der Waals surface area contributed by atoms with E-state index in [1.54, 1.807) is 0 Å². The van der Waals surface area contributed by atoms with E-state index in [1.807, 2.05) is 0 Å². The average molecular weight is 220 g/mol. The summed E-state index contributed by atoms with van der Waals surface area (Å²) >= 11 is 0. The molecular weight excluding hydrogens is 196 g/mol. The fourth-order valence-corrected chi connectivity index (χ4v) is 3.90. The summed E-state index contributed by atoms with van der Waals surface area (Å²) in [5.74, 6) is 0. The van der Waals surface area contributed by atoms with E-state index in [0.717, 1.165) is 0 Å². The molecule has 15 heavy (non-hydrogen) atoms. The number of rotatable bonds is 5. The van der Waals surface area contributed by atoms with Crippen molar-refractivity contribution in [3.8, 4) is 0 Å². The Bertz CT molecular complexity index is 283. The summed E-state index contributed by atoms with van der Waals surface area (Å²) in [7, 11) is -0.894. The molecule has 0 fully saturated rings. The second-order valence-corrected chi connectivity index (χ2v) is 10.5. The molecule has 1 heteroatoms. The van der Waals surface area contributed by atoms with Gasteiger partial charge in [0, 0.05) is 0 Å². The molecule has 0 aliphatic rings. The van der Waals surface area contributed by atoms with Crippen molar-refractivity contribution in [2.45, 2.75) is 51.9 Å². The lowest BCUT2D eigenvalue weighted by Gasteiger charge is -2.24. The number of hydrogen-bond acceptors (Lipinski definition) is 0. The molecular formula is C14H24Si. The molecule has 0 nitrogen and oxygen atoms in total. The SMILES string of the molecule is CC[Si](C)(CC)CCc1ccc(C)cc1. The molecule has 0 saturated carbocycles. The summed E-state index contributed by atoms with van der Waals surface area (Å²) in [4.78, 5) is 0. The van der Waals surface area contributed by atoms with Crippen molar-refractivity contribution < 1.29 is 0 Å². The van der Waals surface area contributed by atoms with Crippen molar-refractivity contribution in [3.63, 3.8) is 0 Å². The van der Waals surface area contributed by atoms with Gasteiger partial charge in [0.1, 0.15) is 0 Å². The highest BCUT2D eigenvalue weighted by atomic mass is 28.3. The first-order valence-corrected chi connectivity index (χ1v) is 9.27. The van der Waals surface area contributed by atoms with E-state index in [1.165, 1.54) is 35.7 Å². The topological polar surface area (TPSA) is 0 Å². The lowest BCUT2D eigenvalue weighted by molar-refractivity contribution is 1.05. The standard InChI is InChI=1S/C14H24Si/c1-5-15(4,6-2)12-11-14-9-7-13(3)8-10-14/h7-10H,5-6,11-12H2,1-4H3. The molecule has 1 rings (SSSR count). The van der Waals surface area contributed by atoms with Crippen LogP contribution in [0.15, 0.2) is 24.3 Å². The summed E-state index contributed by atoms with van der Waals surface area (Å²) in [6.45, 7) is 9.43. The van der Waals surface area contributed by atoms with E-state index in [0.29, 0.717) is 0 Å². The summed E-state index contributed by atoms with van der Waals surface area (Å²) in [6.07, 6.45) is 1.28. The molecule has 0 aliphatic heterocycles. The van der Waals surface area contributed by atoms with Gasteiger partial charge in [-0.05, 0) is 18.9 Å². The molecule has 0 saturated heterocycles. The average Bonchev–Trinajstić information content (AvgIpc) is 2.28. The highest BCUT2D eigenvalue weighted by molar-refractivity contribution is 6.78. The van der Waals surface area contributed by atoms with Crippen LogP contribution >= 0.6 is 0 Å². The van der Waals surface area contributed by atoms with Crippen LogP contribution in [-0.2, 0) is 6.42 Å². The van der Waals surface area contributed by atoms with Crippen LogP contribution in [0.25, 0.3) is 0 Å². The van der Waals surface area contributed by atoms with Crippen molar-refractivity contribution in [2.24, 2.45) is 0 Å². The maximum absolute atomic E-state index is 2.54. The van der Waals surface area contributed by atoms with Crippen LogP contribution in [0.3, 0.4) is 0 Å². The van der Waals surface area contributed by atoms with Gasteiger partial charge in [-0.25, -0.2) is 0 Å². The smallest absolute Gasteiger partial charge is 0.0502 e. The molecule has 0 radical (unpaired) electrons. The molecule has 0 amide bonds. The normalized spacial score (nSPS) is 11.7. The Morgan fingerprint density at radius 3 is 2.00 bits per heavy atom. The van der Waals surface area contributed by atoms with Crippen LogP contribution in [-0.4, -0.2) is 8.07 Å². The highest BCUT2D eigenvalue weighted by Gasteiger charge is 2.21. The highest BCUT2D eigenvalue weighted by Crippen LogP contribution is 2.22. The molecule has 84 valence electrons. The maximum Gasteiger partial charge on any atom is 0.0502 e. The molecule has 0 unspecified atom stereocenters. The van der Waals surface area contributed by atoms with Crippen LogP contribution in [0.1, 0.15) is 25.0 Å². The van der Waals surface area contributed by atoms with Crippen molar-refractivity contribution >= 4 is 8.07 Å². The predicted octanol–water partition coefficient (Wildman–Crippen LogP) is 4.66. The Morgan fingerprint density at radius 2 is 1.53 bits per heavy atom. The largest absolute Gasteiger partial charge is 0.0692 e. The molecule has 0 aliphatic carbocycles. The first-order chi connectivity index (χ1) is 7.09. The molecule has 1 aromatic rings. The van der Waals surface area contributed by atoms with E-state index in [2.05, 4.69) is 51.6 Å². The Kier molecular flexibility index (Phi) is 4.59. The van der Waals surface area contributed by atoms with Crippen LogP contribution in [0.5, 0.6) is 0 Å². The van der Waals surface area contributed by atoms with Gasteiger partial charge in [0.05, 0.1) is 8.07 Å². The van der Waals surface area contributed by atoms with Crippen molar-refractivity contribution in [1.29, 1.82) is 0 Å². The fourth-order valence-electron chi connectivity index (χ4n) is 1.80. The zero-order chi connectivity index (χ0) is 11.3. The molecule has 0 aromatic heterocycles. The van der Waals surface area contributed by atoms with Crippen LogP contribution in [0.2, 0.25) is 24.7 Å². The molecule has 0 heterocycles. The molecule has 0 bridgehead atoms. The van der Waals surface area contributed by atoms with Gasteiger partial charge in [0.25, 0.3) is 0 Å². The van der Waals surface area contributed by atoms with E-state index < -0.39 is 8.07 Å². The van der Waals surface area contributed by atoms with Crippen molar-refractivity contribution in [2.75, 3.05) is 0 Å². The van der Waals surface area contributed by atoms with Gasteiger partial charge < -0.3 is 0 Å². The number of aryl methyl sites for hydroxylation is 2. The second kappa shape index (κ2) is 5.50. The summed E-state index contributed by atoms with van der Waals surface area (Å²) in [5, 5.41) is 0. The van der Waals surface area contributed by atoms with Gasteiger partial charge in [0.2, 0.25) is 0 Å². The molecule has 1 aromatic carbocycles. The van der Waals surface area contributed by atoms with Gasteiger partial charge in [-0.3, -0.25) is 0 Å². The second-order valence-electron chi connectivity index (χ2n) is 5.00. The minimum atomic E-state index is -0.894. The summed E-state index contributed by atoms with van der Waals surface area (Å²) < 4.78 is 0. The Hall–Kier alpha value is -0.563. The summed E-state index contributed by atoms with van der Waals surface area (Å²) in [5.41, 5.74) is 2.88. The van der Waals surface area contributed by atoms with Gasteiger partial charge in [-0.1, -0.05) is 68.4 Å². The van der Waals surface area contributed by atoms with Crippen LogP contribution in [0.4, 0.5) is 0 Å². The van der Waals surface area contributed by atoms with Crippen molar-refractivity contribution in [1.82, 2.24) is 0 Å². The molecule has 0 spiro atoms. The Labute approximate surface area is 95.7 Å². The fraction of sp³-hybridized carbons (Fsp3) is 0.571. The first-order valence-electron chi connectivity index (χ1n) is 6.15. The van der Waals surface area contributed by atoms with Crippen LogP contribution in [0, 0.1) is 6.92 Å². The molecule has 0 atom stereocenters. The number of hydrogen-bond donors (Lipinski definition) is 0. The zero-order valence-electron chi connectivity index (χ0n) is 10.6. The monoisotopic (exact) mass is 220 g/mol. The van der Waals surface area contributed by atoms with Gasteiger partial charge in [-0.2, -0.15) is 0 Å².